The minimum absolute atomic E-state index is 0.199. The van der Waals surface area contributed by atoms with Gasteiger partial charge in [-0.15, -0.1) is 0 Å². The number of hydrogen-bond donors (Lipinski definition) is 1. The van der Waals surface area contributed by atoms with Crippen LogP contribution in [0, 0.1) is 11.3 Å². The minimum atomic E-state index is 0.199. The van der Waals surface area contributed by atoms with Crippen molar-refractivity contribution in [2.75, 3.05) is 0 Å². The van der Waals surface area contributed by atoms with Gasteiger partial charge in [0.1, 0.15) is 0 Å². The molecule has 0 radical (unpaired) electrons. The summed E-state index contributed by atoms with van der Waals surface area (Å²) in [7, 11) is 0. The van der Waals surface area contributed by atoms with Crippen molar-refractivity contribution in [3.05, 3.63) is 30.1 Å². The largest absolute Gasteiger partial charge is 0.305 e. The lowest BCUT2D eigenvalue weighted by molar-refractivity contribution is 0.442. The Morgan fingerprint density at radius 1 is 1.53 bits per heavy atom. The average Bonchev–Trinajstić information content (AvgIpc) is 2.29. The third-order valence-corrected chi connectivity index (χ3v) is 2.45. The highest BCUT2D eigenvalue weighted by Gasteiger charge is 2.11. The molecule has 0 aliphatic rings. The third kappa shape index (κ3) is 3.69. The summed E-state index contributed by atoms with van der Waals surface area (Å²) in [6.07, 6.45) is 3.30. The zero-order valence-corrected chi connectivity index (χ0v) is 9.27. The Bertz CT molecular complexity index is 315. The highest BCUT2D eigenvalue weighted by atomic mass is 15.0. The summed E-state index contributed by atoms with van der Waals surface area (Å²) in [6.45, 7) is 4.16. The van der Waals surface area contributed by atoms with Crippen LogP contribution in [0.3, 0.4) is 0 Å². The van der Waals surface area contributed by atoms with Gasteiger partial charge in [-0.2, -0.15) is 5.26 Å². The van der Waals surface area contributed by atoms with Gasteiger partial charge in [0, 0.05) is 18.3 Å². The molecule has 0 saturated carbocycles. The lowest BCUT2D eigenvalue weighted by atomic mass is 10.1. The summed E-state index contributed by atoms with van der Waals surface area (Å²) < 4.78 is 0. The summed E-state index contributed by atoms with van der Waals surface area (Å²) in [5, 5.41) is 12.0. The normalized spacial score (nSPS) is 14.2. The Balaban J connectivity index is 2.55. The SMILES string of the molecule is CCC(CC#N)NC(C)c1ccccn1. The van der Waals surface area contributed by atoms with E-state index in [2.05, 4.69) is 30.2 Å². The van der Waals surface area contributed by atoms with Gasteiger partial charge in [0.15, 0.2) is 0 Å². The number of nitrogens with one attached hydrogen (secondary N) is 1. The van der Waals surface area contributed by atoms with E-state index in [-0.39, 0.29) is 12.1 Å². The third-order valence-electron chi connectivity index (χ3n) is 2.45. The Morgan fingerprint density at radius 3 is 2.87 bits per heavy atom. The average molecular weight is 203 g/mol. The summed E-state index contributed by atoms with van der Waals surface area (Å²) in [5.41, 5.74) is 1.02. The van der Waals surface area contributed by atoms with Gasteiger partial charge in [0.2, 0.25) is 0 Å². The van der Waals surface area contributed by atoms with E-state index in [1.807, 2.05) is 18.2 Å². The molecule has 3 nitrogen and oxygen atoms in total. The Labute approximate surface area is 91.1 Å². The van der Waals surface area contributed by atoms with Crippen LogP contribution >= 0.6 is 0 Å². The van der Waals surface area contributed by atoms with Crippen LogP contribution in [0.1, 0.15) is 38.4 Å². The number of nitriles is 1. The lowest BCUT2D eigenvalue weighted by Crippen LogP contribution is -2.31. The van der Waals surface area contributed by atoms with Gasteiger partial charge in [-0.1, -0.05) is 13.0 Å². The quantitative estimate of drug-likeness (QED) is 0.799. The van der Waals surface area contributed by atoms with Crippen molar-refractivity contribution in [3.63, 3.8) is 0 Å². The van der Waals surface area contributed by atoms with Crippen LogP contribution < -0.4 is 5.32 Å². The van der Waals surface area contributed by atoms with Crippen molar-refractivity contribution in [2.24, 2.45) is 0 Å². The van der Waals surface area contributed by atoms with E-state index in [4.69, 9.17) is 5.26 Å². The maximum Gasteiger partial charge on any atom is 0.0638 e. The molecule has 0 fully saturated rings. The second kappa shape index (κ2) is 6.15. The van der Waals surface area contributed by atoms with E-state index in [0.29, 0.717) is 6.42 Å². The highest BCUT2D eigenvalue weighted by Crippen LogP contribution is 2.11. The highest BCUT2D eigenvalue weighted by molar-refractivity contribution is 5.08. The molecule has 0 bridgehead atoms. The zero-order chi connectivity index (χ0) is 11.1. The van der Waals surface area contributed by atoms with Crippen molar-refractivity contribution in [1.82, 2.24) is 10.3 Å². The predicted octanol–water partition coefficient (Wildman–Crippen LogP) is 2.42. The van der Waals surface area contributed by atoms with Crippen LogP contribution in [-0.2, 0) is 0 Å². The second-order valence-electron chi connectivity index (χ2n) is 3.61. The van der Waals surface area contributed by atoms with Gasteiger partial charge in [-0.3, -0.25) is 4.98 Å². The van der Waals surface area contributed by atoms with E-state index in [1.165, 1.54) is 0 Å². The number of pyridine rings is 1. The maximum absolute atomic E-state index is 8.65. The van der Waals surface area contributed by atoms with Gasteiger partial charge < -0.3 is 5.32 Å². The Kier molecular flexibility index (Phi) is 4.79. The molecule has 0 spiro atoms. The lowest BCUT2D eigenvalue weighted by Gasteiger charge is -2.19. The predicted molar refractivity (Wildman–Crippen MR) is 60.1 cm³/mol. The van der Waals surface area contributed by atoms with E-state index in [1.54, 1.807) is 6.20 Å². The summed E-state index contributed by atoms with van der Waals surface area (Å²) in [5.74, 6) is 0. The van der Waals surface area contributed by atoms with Gasteiger partial charge in [-0.05, 0) is 25.5 Å². The molecule has 0 aliphatic carbocycles. The van der Waals surface area contributed by atoms with Crippen LogP contribution in [0.25, 0.3) is 0 Å². The first-order chi connectivity index (χ1) is 7.27. The molecule has 2 atom stereocenters. The Hall–Kier alpha value is -1.40. The van der Waals surface area contributed by atoms with Crippen molar-refractivity contribution >= 4 is 0 Å². The van der Waals surface area contributed by atoms with Crippen LogP contribution in [-0.4, -0.2) is 11.0 Å². The smallest absolute Gasteiger partial charge is 0.0638 e. The van der Waals surface area contributed by atoms with Crippen LogP contribution in [0.2, 0.25) is 0 Å². The molecule has 80 valence electrons. The molecule has 0 saturated heterocycles. The van der Waals surface area contributed by atoms with Crippen molar-refractivity contribution in [3.8, 4) is 6.07 Å². The number of aromatic nitrogens is 1. The van der Waals surface area contributed by atoms with E-state index in [9.17, 15) is 0 Å². The molecule has 1 rings (SSSR count). The molecule has 1 aromatic heterocycles. The van der Waals surface area contributed by atoms with Crippen molar-refractivity contribution in [2.45, 2.75) is 38.8 Å². The van der Waals surface area contributed by atoms with Crippen molar-refractivity contribution in [1.29, 1.82) is 5.26 Å². The molecule has 15 heavy (non-hydrogen) atoms. The van der Waals surface area contributed by atoms with E-state index in [0.717, 1.165) is 12.1 Å². The zero-order valence-electron chi connectivity index (χ0n) is 9.27. The fourth-order valence-corrected chi connectivity index (χ4v) is 1.50. The summed E-state index contributed by atoms with van der Waals surface area (Å²) >= 11 is 0. The van der Waals surface area contributed by atoms with Crippen molar-refractivity contribution < 1.29 is 0 Å². The fraction of sp³-hybridized carbons (Fsp3) is 0.500. The van der Waals surface area contributed by atoms with Crippen LogP contribution in [0.15, 0.2) is 24.4 Å². The van der Waals surface area contributed by atoms with Gasteiger partial charge in [0.25, 0.3) is 0 Å². The second-order valence-corrected chi connectivity index (χ2v) is 3.61. The van der Waals surface area contributed by atoms with Gasteiger partial charge >= 0.3 is 0 Å². The standard InChI is InChI=1S/C12H17N3/c1-3-11(7-8-13)15-10(2)12-6-4-5-9-14-12/h4-6,9-11,15H,3,7H2,1-2H3. The van der Waals surface area contributed by atoms with E-state index < -0.39 is 0 Å². The van der Waals surface area contributed by atoms with Gasteiger partial charge in [-0.25, -0.2) is 0 Å². The Morgan fingerprint density at radius 2 is 2.33 bits per heavy atom. The van der Waals surface area contributed by atoms with E-state index >= 15 is 0 Å². The molecule has 0 amide bonds. The molecule has 2 unspecified atom stereocenters. The molecule has 1 N–H and O–H groups in total. The molecule has 1 aromatic rings. The number of rotatable bonds is 5. The molecular formula is C12H17N3. The fourth-order valence-electron chi connectivity index (χ4n) is 1.50. The molecule has 0 aliphatic heterocycles. The molecule has 0 aromatic carbocycles. The maximum atomic E-state index is 8.65. The molecular weight excluding hydrogens is 186 g/mol. The topological polar surface area (TPSA) is 48.7 Å². The van der Waals surface area contributed by atoms with Crippen LogP contribution in [0.4, 0.5) is 0 Å². The van der Waals surface area contributed by atoms with Gasteiger partial charge in [0.05, 0.1) is 18.2 Å². The monoisotopic (exact) mass is 203 g/mol. The minimum Gasteiger partial charge on any atom is -0.305 e. The first-order valence-electron chi connectivity index (χ1n) is 5.31. The number of nitrogens with zero attached hydrogens (tertiary/aromatic N) is 2. The molecule has 3 heteroatoms. The first kappa shape index (κ1) is 11.7. The van der Waals surface area contributed by atoms with Crippen LogP contribution in [0.5, 0.6) is 0 Å². The summed E-state index contributed by atoms with van der Waals surface area (Å²) in [6, 6.07) is 8.53. The number of hydrogen-bond acceptors (Lipinski definition) is 3. The summed E-state index contributed by atoms with van der Waals surface area (Å²) in [4.78, 5) is 4.28. The first-order valence-corrected chi connectivity index (χ1v) is 5.31. The molecule has 1 heterocycles.